The van der Waals surface area contributed by atoms with Crippen molar-refractivity contribution in [3.63, 3.8) is 0 Å². The van der Waals surface area contributed by atoms with Crippen LogP contribution in [-0.4, -0.2) is 112 Å². The predicted octanol–water partition coefficient (Wildman–Crippen LogP) is 2.89. The summed E-state index contributed by atoms with van der Waals surface area (Å²) in [5, 5.41) is 11.9. The van der Waals surface area contributed by atoms with Crippen LogP contribution in [0.15, 0.2) is 0 Å². The van der Waals surface area contributed by atoms with Crippen molar-refractivity contribution in [3.05, 3.63) is 0 Å². The minimum atomic E-state index is -1.87. The molecular weight excluding hydrogens is 512 g/mol. The van der Waals surface area contributed by atoms with Gasteiger partial charge in [-0.25, -0.2) is 0 Å². The molecule has 0 aromatic rings. The van der Waals surface area contributed by atoms with Crippen LogP contribution in [0.25, 0.3) is 0 Å². The topological polar surface area (TPSA) is 113 Å². The zero-order chi connectivity index (χ0) is 28.0. The van der Waals surface area contributed by atoms with Crippen LogP contribution >= 0.6 is 0 Å². The average molecular weight is 563 g/mol. The number of methoxy groups -OCH3 is 1. The van der Waals surface area contributed by atoms with E-state index in [4.69, 9.17) is 47.4 Å². The van der Waals surface area contributed by atoms with E-state index in [0.29, 0.717) is 19.8 Å². The molecule has 0 aromatic heterocycles. The lowest BCUT2D eigenvalue weighted by Gasteiger charge is -2.50. The Kier molecular flexibility index (Phi) is 11.4. The molecule has 4 heterocycles. The zero-order valence-electron chi connectivity index (χ0n) is 24.5. The molecule has 0 aromatic carbocycles. The van der Waals surface area contributed by atoms with Crippen LogP contribution in [0, 0.1) is 0 Å². The van der Waals surface area contributed by atoms with E-state index in [-0.39, 0.29) is 13.2 Å². The molecule has 11 nitrogen and oxygen atoms in total. The number of hydrogen-bond acceptors (Lipinski definition) is 11. The third-order valence-corrected chi connectivity index (χ3v) is 7.65. The van der Waals surface area contributed by atoms with Gasteiger partial charge in [-0.2, -0.15) is 0 Å². The van der Waals surface area contributed by atoms with E-state index in [0.717, 1.165) is 38.5 Å². The standard InChI is InChI=1S/C28H50O11/c1-7-10-13-31-16-19-21(32-14-11-8-2)23(33-15-12-9-3)25(29)28(36-19)34-17-18-20(30-6)22(38-28)24-26(35-18)39-27(4,5)37-24/h18-26,29H,7-17H2,1-6H3. The molecule has 0 amide bonds. The van der Waals surface area contributed by atoms with Crippen molar-refractivity contribution < 1.29 is 52.5 Å². The van der Waals surface area contributed by atoms with Gasteiger partial charge in [0, 0.05) is 26.9 Å². The summed E-state index contributed by atoms with van der Waals surface area (Å²) < 4.78 is 62.2. The van der Waals surface area contributed by atoms with Gasteiger partial charge in [-0.15, -0.1) is 0 Å². The maximum absolute atomic E-state index is 11.9. The highest BCUT2D eigenvalue weighted by Gasteiger charge is 2.65. The van der Waals surface area contributed by atoms with Crippen LogP contribution in [-0.2, 0) is 47.4 Å². The highest BCUT2D eigenvalue weighted by atomic mass is 16.9. The molecule has 1 N–H and O–H groups in total. The first-order chi connectivity index (χ1) is 18.8. The largest absolute Gasteiger partial charge is 0.382 e. The normalized spacial score (nSPS) is 41.5. The fourth-order valence-electron chi connectivity index (χ4n) is 5.56. The SMILES string of the molecule is CCCCOCC1OC2(OCC3OC4OC(C)(C)OC4C(O2)C3OC)C(O)C(OCCCC)C1OCCCC. The lowest BCUT2D eigenvalue weighted by Crippen LogP contribution is -2.69. The van der Waals surface area contributed by atoms with Gasteiger partial charge in [0.05, 0.1) is 13.2 Å². The van der Waals surface area contributed by atoms with Gasteiger partial charge in [-0.1, -0.05) is 40.0 Å². The number of hydrogen-bond donors (Lipinski definition) is 1. The smallest absolute Gasteiger partial charge is 0.314 e. The van der Waals surface area contributed by atoms with E-state index in [9.17, 15) is 5.11 Å². The minimum absolute atomic E-state index is 0.0471. The molecule has 1 spiro atoms. The molecule has 0 saturated carbocycles. The highest BCUT2D eigenvalue weighted by molar-refractivity contribution is 5.02. The molecule has 10 unspecified atom stereocenters. The van der Waals surface area contributed by atoms with Crippen LogP contribution in [0.2, 0.25) is 0 Å². The molecule has 4 aliphatic rings. The first-order valence-corrected chi connectivity index (χ1v) is 14.8. The Hall–Kier alpha value is -0.440. The van der Waals surface area contributed by atoms with Gasteiger partial charge in [-0.3, -0.25) is 0 Å². The number of rotatable bonds is 14. The highest BCUT2D eigenvalue weighted by Crippen LogP contribution is 2.45. The van der Waals surface area contributed by atoms with Gasteiger partial charge in [0.25, 0.3) is 0 Å². The lowest BCUT2D eigenvalue weighted by molar-refractivity contribution is -0.473. The molecule has 4 fully saturated rings. The second-order valence-corrected chi connectivity index (χ2v) is 11.2. The molecule has 11 heteroatoms. The zero-order valence-corrected chi connectivity index (χ0v) is 24.5. The number of unbranched alkanes of at least 4 members (excludes halogenated alkanes) is 3. The fourth-order valence-corrected chi connectivity index (χ4v) is 5.56. The summed E-state index contributed by atoms with van der Waals surface area (Å²) in [5.41, 5.74) is 0. The molecule has 0 aliphatic carbocycles. The van der Waals surface area contributed by atoms with E-state index in [2.05, 4.69) is 20.8 Å². The summed E-state index contributed by atoms with van der Waals surface area (Å²) in [7, 11) is 1.59. The quantitative estimate of drug-likeness (QED) is 0.315. The van der Waals surface area contributed by atoms with Crippen LogP contribution in [0.3, 0.4) is 0 Å². The first kappa shape index (κ1) is 31.5. The summed E-state index contributed by atoms with van der Waals surface area (Å²) in [5.74, 6) is -2.74. The van der Waals surface area contributed by atoms with Crippen molar-refractivity contribution >= 4 is 0 Å². The molecule has 2 bridgehead atoms. The second kappa shape index (κ2) is 14.2. The monoisotopic (exact) mass is 562 g/mol. The molecule has 4 saturated heterocycles. The van der Waals surface area contributed by atoms with E-state index in [1.54, 1.807) is 7.11 Å². The number of aliphatic hydroxyl groups is 1. The van der Waals surface area contributed by atoms with Crippen LogP contribution < -0.4 is 0 Å². The predicted molar refractivity (Wildman–Crippen MR) is 139 cm³/mol. The Morgan fingerprint density at radius 3 is 2.13 bits per heavy atom. The maximum Gasteiger partial charge on any atom is 0.314 e. The molecule has 10 atom stereocenters. The Bertz CT molecular complexity index is 738. The van der Waals surface area contributed by atoms with Crippen molar-refractivity contribution in [1.29, 1.82) is 0 Å². The van der Waals surface area contributed by atoms with Crippen molar-refractivity contribution in [1.82, 2.24) is 0 Å². The Morgan fingerprint density at radius 2 is 1.46 bits per heavy atom. The number of ether oxygens (including phenoxy) is 10. The summed E-state index contributed by atoms with van der Waals surface area (Å²) in [6, 6.07) is 0. The van der Waals surface area contributed by atoms with Crippen LogP contribution in [0.5, 0.6) is 0 Å². The molecule has 228 valence electrons. The number of aliphatic hydroxyl groups excluding tert-OH is 1. The van der Waals surface area contributed by atoms with Gasteiger partial charge < -0.3 is 52.5 Å². The molecule has 4 rings (SSSR count). The van der Waals surface area contributed by atoms with Crippen LogP contribution in [0.1, 0.15) is 73.1 Å². The van der Waals surface area contributed by atoms with E-state index >= 15 is 0 Å². The van der Waals surface area contributed by atoms with Crippen molar-refractivity contribution in [2.75, 3.05) is 40.1 Å². The Morgan fingerprint density at radius 1 is 0.795 bits per heavy atom. The fraction of sp³-hybridized carbons (Fsp3) is 1.00. The van der Waals surface area contributed by atoms with Gasteiger partial charge in [0.1, 0.15) is 42.7 Å². The summed E-state index contributed by atoms with van der Waals surface area (Å²) >= 11 is 0. The molecular formula is C28H50O11. The summed E-state index contributed by atoms with van der Waals surface area (Å²) in [4.78, 5) is 0. The van der Waals surface area contributed by atoms with Gasteiger partial charge in [-0.05, 0) is 33.1 Å². The number of fused-ring (bicyclic) bond motifs is 4. The maximum atomic E-state index is 11.9. The van der Waals surface area contributed by atoms with Crippen molar-refractivity contribution in [3.8, 4) is 0 Å². The van der Waals surface area contributed by atoms with Crippen molar-refractivity contribution in [2.45, 2.75) is 140 Å². The van der Waals surface area contributed by atoms with Crippen LogP contribution in [0.4, 0.5) is 0 Å². The Balaban J connectivity index is 1.64. The Labute approximate surface area is 232 Å². The first-order valence-electron chi connectivity index (χ1n) is 14.8. The molecule has 39 heavy (non-hydrogen) atoms. The third kappa shape index (κ3) is 7.14. The van der Waals surface area contributed by atoms with Gasteiger partial charge in [0.15, 0.2) is 18.2 Å². The summed E-state index contributed by atoms with van der Waals surface area (Å²) in [6.07, 6.45) is -0.718. The van der Waals surface area contributed by atoms with Gasteiger partial charge >= 0.3 is 5.97 Å². The third-order valence-electron chi connectivity index (χ3n) is 7.65. The van der Waals surface area contributed by atoms with E-state index in [1.165, 1.54) is 0 Å². The molecule has 0 radical (unpaired) electrons. The van der Waals surface area contributed by atoms with E-state index < -0.39 is 66.9 Å². The van der Waals surface area contributed by atoms with Gasteiger partial charge in [0.2, 0.25) is 0 Å². The van der Waals surface area contributed by atoms with Crippen molar-refractivity contribution in [2.24, 2.45) is 0 Å². The lowest BCUT2D eigenvalue weighted by atomic mass is 9.96. The van der Waals surface area contributed by atoms with E-state index in [1.807, 2.05) is 13.8 Å². The summed E-state index contributed by atoms with van der Waals surface area (Å²) in [6.45, 7) is 11.8. The second-order valence-electron chi connectivity index (χ2n) is 11.2. The molecule has 4 aliphatic heterocycles. The average Bonchev–Trinajstić information content (AvgIpc) is 3.16. The minimum Gasteiger partial charge on any atom is -0.382 e.